The summed E-state index contributed by atoms with van der Waals surface area (Å²) in [6, 6.07) is 18.7. The van der Waals surface area contributed by atoms with E-state index in [0.717, 1.165) is 0 Å². The Morgan fingerprint density at radius 1 is 1.03 bits per heavy atom. The van der Waals surface area contributed by atoms with Crippen molar-refractivity contribution in [3.05, 3.63) is 99.3 Å². The minimum atomic E-state index is -0.562. The first kappa shape index (κ1) is 21.1. The van der Waals surface area contributed by atoms with Gasteiger partial charge in [-0.15, -0.1) is 0 Å². The first-order chi connectivity index (χ1) is 15.4. The summed E-state index contributed by atoms with van der Waals surface area (Å²) in [5, 5.41) is 14.6. The Hall–Kier alpha value is -4.17. The van der Waals surface area contributed by atoms with Crippen molar-refractivity contribution in [3.63, 3.8) is 0 Å². The molecule has 3 aromatic carbocycles. The SMILES string of the molecule is O=C(COc1cccc([N+](=O)[O-])c1)Nc1c(C(=O)c2ccc(Cl)cc2)oc2ccccc12. The molecule has 8 nitrogen and oxygen atoms in total. The van der Waals surface area contributed by atoms with Gasteiger partial charge >= 0.3 is 0 Å². The topological polar surface area (TPSA) is 112 Å². The van der Waals surface area contributed by atoms with Gasteiger partial charge in [0.2, 0.25) is 5.78 Å². The number of anilines is 1. The molecule has 4 aromatic rings. The third kappa shape index (κ3) is 4.45. The van der Waals surface area contributed by atoms with E-state index < -0.39 is 23.2 Å². The average Bonchev–Trinajstić information content (AvgIpc) is 3.16. The fraction of sp³-hybridized carbons (Fsp3) is 0.0435. The molecule has 1 aromatic heterocycles. The highest BCUT2D eigenvalue weighted by atomic mass is 35.5. The molecule has 0 saturated heterocycles. The molecule has 0 fully saturated rings. The maximum atomic E-state index is 13.0. The highest BCUT2D eigenvalue weighted by Crippen LogP contribution is 2.32. The minimum Gasteiger partial charge on any atom is -0.484 e. The Morgan fingerprint density at radius 3 is 2.53 bits per heavy atom. The van der Waals surface area contributed by atoms with Gasteiger partial charge in [0.1, 0.15) is 11.3 Å². The molecule has 0 unspecified atom stereocenters. The highest BCUT2D eigenvalue weighted by molar-refractivity contribution is 6.30. The molecule has 0 aliphatic rings. The molecule has 1 N–H and O–H groups in total. The number of nitrogens with zero attached hydrogens (tertiary/aromatic N) is 1. The van der Waals surface area contributed by atoms with Crippen molar-refractivity contribution in [2.24, 2.45) is 0 Å². The van der Waals surface area contributed by atoms with E-state index in [9.17, 15) is 19.7 Å². The molecule has 0 radical (unpaired) electrons. The molecule has 0 aliphatic carbocycles. The first-order valence-electron chi connectivity index (χ1n) is 9.41. The normalized spacial score (nSPS) is 10.7. The molecule has 0 atom stereocenters. The molecular formula is C23H15ClN2O6. The second kappa shape index (κ2) is 8.91. The van der Waals surface area contributed by atoms with E-state index in [1.165, 1.54) is 24.3 Å². The largest absolute Gasteiger partial charge is 0.484 e. The van der Waals surface area contributed by atoms with Crippen LogP contribution in [0.4, 0.5) is 11.4 Å². The molecule has 0 saturated carbocycles. The summed E-state index contributed by atoms with van der Waals surface area (Å²) in [7, 11) is 0. The van der Waals surface area contributed by atoms with Gasteiger partial charge in [0, 0.05) is 22.0 Å². The molecule has 1 amide bonds. The Bertz CT molecular complexity index is 1330. The van der Waals surface area contributed by atoms with Crippen molar-refractivity contribution in [2.75, 3.05) is 11.9 Å². The number of nitro benzene ring substituents is 1. The van der Waals surface area contributed by atoms with Gasteiger partial charge < -0.3 is 14.5 Å². The number of non-ortho nitro benzene ring substituents is 1. The number of furan rings is 1. The van der Waals surface area contributed by atoms with E-state index in [-0.39, 0.29) is 22.9 Å². The summed E-state index contributed by atoms with van der Waals surface area (Å²) in [6.07, 6.45) is 0. The number of nitro groups is 1. The fourth-order valence-electron chi connectivity index (χ4n) is 3.07. The monoisotopic (exact) mass is 450 g/mol. The minimum absolute atomic E-state index is 0.0304. The third-order valence-corrected chi connectivity index (χ3v) is 4.82. The number of nitrogens with one attached hydrogen (secondary N) is 1. The van der Waals surface area contributed by atoms with Crippen molar-refractivity contribution in [1.82, 2.24) is 0 Å². The summed E-state index contributed by atoms with van der Waals surface area (Å²) in [5.74, 6) is -0.845. The lowest BCUT2D eigenvalue weighted by atomic mass is 10.1. The lowest BCUT2D eigenvalue weighted by molar-refractivity contribution is -0.384. The maximum Gasteiger partial charge on any atom is 0.273 e. The van der Waals surface area contributed by atoms with Crippen LogP contribution in [0, 0.1) is 10.1 Å². The second-order valence-electron chi connectivity index (χ2n) is 6.73. The number of amides is 1. The van der Waals surface area contributed by atoms with E-state index >= 15 is 0 Å². The predicted molar refractivity (Wildman–Crippen MR) is 118 cm³/mol. The van der Waals surface area contributed by atoms with E-state index in [1.54, 1.807) is 48.5 Å². The zero-order chi connectivity index (χ0) is 22.7. The van der Waals surface area contributed by atoms with Gasteiger partial charge in [-0.05, 0) is 42.5 Å². The number of rotatable bonds is 7. The first-order valence-corrected chi connectivity index (χ1v) is 9.79. The molecule has 160 valence electrons. The Labute approximate surface area is 186 Å². The van der Waals surface area contributed by atoms with Gasteiger partial charge in [-0.2, -0.15) is 0 Å². The second-order valence-corrected chi connectivity index (χ2v) is 7.17. The highest BCUT2D eigenvalue weighted by Gasteiger charge is 2.23. The fourth-order valence-corrected chi connectivity index (χ4v) is 3.20. The Balaban J connectivity index is 1.58. The van der Waals surface area contributed by atoms with Crippen LogP contribution in [0.3, 0.4) is 0 Å². The number of ketones is 1. The van der Waals surface area contributed by atoms with Crippen molar-refractivity contribution >= 4 is 45.6 Å². The molecule has 4 rings (SSSR count). The van der Waals surface area contributed by atoms with Gasteiger partial charge in [0.05, 0.1) is 16.7 Å². The zero-order valence-electron chi connectivity index (χ0n) is 16.4. The van der Waals surface area contributed by atoms with E-state index in [0.29, 0.717) is 21.6 Å². The van der Waals surface area contributed by atoms with Crippen molar-refractivity contribution in [3.8, 4) is 5.75 Å². The number of para-hydroxylation sites is 1. The van der Waals surface area contributed by atoms with Crippen LogP contribution in [-0.4, -0.2) is 23.2 Å². The number of carbonyl (C=O) groups excluding carboxylic acids is 2. The van der Waals surface area contributed by atoms with Crippen LogP contribution in [0.15, 0.2) is 77.2 Å². The van der Waals surface area contributed by atoms with Crippen molar-refractivity contribution in [1.29, 1.82) is 0 Å². The van der Waals surface area contributed by atoms with Crippen LogP contribution >= 0.6 is 11.6 Å². The lowest BCUT2D eigenvalue weighted by Crippen LogP contribution is -2.21. The summed E-state index contributed by atoms with van der Waals surface area (Å²) >= 11 is 5.90. The quantitative estimate of drug-likeness (QED) is 0.234. The number of hydrogen-bond acceptors (Lipinski definition) is 6. The zero-order valence-corrected chi connectivity index (χ0v) is 17.2. The average molecular weight is 451 g/mol. The van der Waals surface area contributed by atoms with E-state index in [4.69, 9.17) is 20.8 Å². The van der Waals surface area contributed by atoms with Gasteiger partial charge in [-0.1, -0.05) is 29.8 Å². The Morgan fingerprint density at radius 2 is 1.78 bits per heavy atom. The predicted octanol–water partition coefficient (Wildman–Crippen LogP) is 5.24. The van der Waals surface area contributed by atoms with Gasteiger partial charge in [-0.25, -0.2) is 0 Å². The van der Waals surface area contributed by atoms with Gasteiger partial charge in [0.15, 0.2) is 12.4 Å². The molecule has 0 spiro atoms. The molecular weight excluding hydrogens is 436 g/mol. The molecule has 32 heavy (non-hydrogen) atoms. The smallest absolute Gasteiger partial charge is 0.273 e. The van der Waals surface area contributed by atoms with Gasteiger partial charge in [-0.3, -0.25) is 19.7 Å². The van der Waals surface area contributed by atoms with Crippen molar-refractivity contribution < 1.29 is 23.7 Å². The third-order valence-electron chi connectivity index (χ3n) is 4.57. The number of ether oxygens (including phenoxy) is 1. The summed E-state index contributed by atoms with van der Waals surface area (Å²) in [4.78, 5) is 35.9. The molecule has 1 heterocycles. The standard InChI is InChI=1S/C23H15ClN2O6/c24-15-10-8-14(9-11-15)22(28)23-21(18-6-1-2-7-19(18)32-23)25-20(27)13-31-17-5-3-4-16(12-17)26(29)30/h1-12H,13H2,(H,25,27). The Kier molecular flexibility index (Phi) is 5.87. The summed E-state index contributed by atoms with van der Waals surface area (Å²) in [5.41, 5.74) is 0.837. The van der Waals surface area contributed by atoms with Crippen LogP contribution in [0.1, 0.15) is 16.1 Å². The molecule has 0 aliphatic heterocycles. The molecule has 0 bridgehead atoms. The van der Waals surface area contributed by atoms with Crippen LogP contribution in [0.2, 0.25) is 5.02 Å². The number of fused-ring (bicyclic) bond motifs is 1. The molecule has 9 heteroatoms. The number of halogens is 1. The van der Waals surface area contributed by atoms with Gasteiger partial charge in [0.25, 0.3) is 11.6 Å². The van der Waals surface area contributed by atoms with Crippen LogP contribution < -0.4 is 10.1 Å². The van der Waals surface area contributed by atoms with Crippen LogP contribution in [0.5, 0.6) is 5.75 Å². The lowest BCUT2D eigenvalue weighted by Gasteiger charge is -2.08. The summed E-state index contributed by atoms with van der Waals surface area (Å²) in [6.45, 7) is -0.421. The summed E-state index contributed by atoms with van der Waals surface area (Å²) < 4.78 is 11.1. The maximum absolute atomic E-state index is 13.0. The number of benzene rings is 3. The van der Waals surface area contributed by atoms with Crippen molar-refractivity contribution in [2.45, 2.75) is 0 Å². The van der Waals surface area contributed by atoms with E-state index in [2.05, 4.69) is 5.32 Å². The van der Waals surface area contributed by atoms with Crippen LogP contribution in [-0.2, 0) is 4.79 Å². The number of hydrogen-bond donors (Lipinski definition) is 1. The number of carbonyl (C=O) groups is 2. The van der Waals surface area contributed by atoms with Crippen LogP contribution in [0.25, 0.3) is 11.0 Å². The van der Waals surface area contributed by atoms with E-state index in [1.807, 2.05) is 0 Å².